The minimum Gasteiger partial charge on any atom is -0.394 e. The Labute approximate surface area is 305 Å². The predicted octanol–water partition coefficient (Wildman–Crippen LogP) is 13.2. The van der Waals surface area contributed by atoms with Crippen LogP contribution in [0.5, 0.6) is 0 Å². The average molecular weight is 686 g/mol. The molecule has 286 valence electrons. The zero-order valence-electron chi connectivity index (χ0n) is 32.7. The van der Waals surface area contributed by atoms with Gasteiger partial charge in [-0.3, -0.25) is 4.79 Å². The Morgan fingerprint density at radius 2 is 0.898 bits per heavy atom. The summed E-state index contributed by atoms with van der Waals surface area (Å²) in [7, 11) is 0. The first kappa shape index (κ1) is 47.4. The zero-order chi connectivity index (χ0) is 35.7. The SMILES string of the molecule is CC/C=C\C/C=C\C/C=C\C/C=C\CCCCCCCCCCCCCCCCCCC(=O)NC(CO)C(O)CCCCCCCCCC. The highest BCUT2D eigenvalue weighted by Gasteiger charge is 2.19. The van der Waals surface area contributed by atoms with E-state index in [1.54, 1.807) is 0 Å². The van der Waals surface area contributed by atoms with Gasteiger partial charge in [0.2, 0.25) is 5.91 Å². The number of rotatable bonds is 38. The molecule has 4 nitrogen and oxygen atoms in total. The highest BCUT2D eigenvalue weighted by atomic mass is 16.3. The van der Waals surface area contributed by atoms with Gasteiger partial charge in [0, 0.05) is 6.42 Å². The Kier molecular flexibility index (Phi) is 39.4. The van der Waals surface area contributed by atoms with E-state index in [-0.39, 0.29) is 12.5 Å². The summed E-state index contributed by atoms with van der Waals surface area (Å²) in [4.78, 5) is 12.3. The third-order valence-electron chi connectivity index (χ3n) is 9.60. The highest BCUT2D eigenvalue weighted by Crippen LogP contribution is 2.15. The van der Waals surface area contributed by atoms with Gasteiger partial charge in [-0.2, -0.15) is 0 Å². The molecule has 0 aromatic heterocycles. The molecule has 0 rings (SSSR count). The number of aliphatic hydroxyl groups excluding tert-OH is 2. The van der Waals surface area contributed by atoms with E-state index in [1.165, 1.54) is 135 Å². The van der Waals surface area contributed by atoms with E-state index in [1.807, 2.05) is 0 Å². The molecule has 0 saturated carbocycles. The molecule has 0 bridgehead atoms. The van der Waals surface area contributed by atoms with Crippen molar-refractivity contribution in [2.45, 2.75) is 225 Å². The molecule has 0 radical (unpaired) electrons. The van der Waals surface area contributed by atoms with Crippen molar-refractivity contribution < 1.29 is 15.0 Å². The molecule has 0 saturated heterocycles. The molecule has 3 N–H and O–H groups in total. The summed E-state index contributed by atoms with van der Waals surface area (Å²) in [6, 6.07) is -0.533. The lowest BCUT2D eigenvalue weighted by Crippen LogP contribution is -2.45. The number of aliphatic hydroxyl groups is 2. The van der Waals surface area contributed by atoms with Crippen molar-refractivity contribution in [1.29, 1.82) is 0 Å². The van der Waals surface area contributed by atoms with Crippen LogP contribution in [-0.4, -0.2) is 34.9 Å². The van der Waals surface area contributed by atoms with Crippen LogP contribution in [0.2, 0.25) is 0 Å². The Balaban J connectivity index is 3.44. The predicted molar refractivity (Wildman–Crippen MR) is 216 cm³/mol. The minimum atomic E-state index is -0.656. The van der Waals surface area contributed by atoms with Crippen LogP contribution >= 0.6 is 0 Å². The largest absolute Gasteiger partial charge is 0.394 e. The summed E-state index contributed by atoms with van der Waals surface area (Å²) < 4.78 is 0. The standard InChI is InChI=1S/C45H83NO3/c1-3-5-7-9-11-13-14-15-16-17-18-19-20-21-22-23-24-25-26-27-28-29-30-31-32-33-35-37-39-41-45(49)46-43(42-47)44(48)40-38-36-34-12-10-8-6-4-2/h5,7,11,13,15-16,18-19,43-44,47-48H,3-4,6,8-10,12,14,17,20-42H2,1-2H3,(H,46,49)/b7-5-,13-11-,16-15-,19-18-. The van der Waals surface area contributed by atoms with E-state index in [9.17, 15) is 15.0 Å². The number of carbonyl (C=O) groups is 1. The van der Waals surface area contributed by atoms with Gasteiger partial charge in [0.1, 0.15) is 0 Å². The molecule has 1 amide bonds. The third-order valence-corrected chi connectivity index (χ3v) is 9.60. The molecule has 0 aliphatic rings. The molecule has 49 heavy (non-hydrogen) atoms. The van der Waals surface area contributed by atoms with Crippen LogP contribution in [0.4, 0.5) is 0 Å². The Morgan fingerprint density at radius 3 is 1.35 bits per heavy atom. The maximum absolute atomic E-state index is 12.3. The number of carbonyl (C=O) groups excluding carboxylic acids is 1. The molecule has 0 heterocycles. The van der Waals surface area contributed by atoms with Crippen molar-refractivity contribution >= 4 is 5.91 Å². The van der Waals surface area contributed by atoms with Gasteiger partial charge in [0.25, 0.3) is 0 Å². The van der Waals surface area contributed by atoms with E-state index in [0.29, 0.717) is 12.8 Å². The molecule has 4 heteroatoms. The number of unbranched alkanes of at least 4 members (excludes halogenated alkanes) is 23. The Hall–Kier alpha value is -1.65. The lowest BCUT2D eigenvalue weighted by molar-refractivity contribution is -0.123. The summed E-state index contributed by atoms with van der Waals surface area (Å²) in [5.41, 5.74) is 0. The average Bonchev–Trinajstić information content (AvgIpc) is 3.10. The number of allylic oxidation sites excluding steroid dienone is 8. The minimum absolute atomic E-state index is 0.0354. The maximum atomic E-state index is 12.3. The molecular weight excluding hydrogens is 602 g/mol. The maximum Gasteiger partial charge on any atom is 0.220 e. The smallest absolute Gasteiger partial charge is 0.220 e. The van der Waals surface area contributed by atoms with Crippen molar-refractivity contribution in [1.82, 2.24) is 5.32 Å². The van der Waals surface area contributed by atoms with Crippen molar-refractivity contribution in [3.05, 3.63) is 48.6 Å². The monoisotopic (exact) mass is 686 g/mol. The quantitative estimate of drug-likeness (QED) is 0.0447. The van der Waals surface area contributed by atoms with Crippen LogP contribution in [-0.2, 0) is 4.79 Å². The van der Waals surface area contributed by atoms with Crippen LogP contribution in [0.15, 0.2) is 48.6 Å². The fourth-order valence-electron chi connectivity index (χ4n) is 6.35. The Morgan fingerprint density at radius 1 is 0.510 bits per heavy atom. The van der Waals surface area contributed by atoms with Crippen LogP contribution in [0.3, 0.4) is 0 Å². The second-order valence-electron chi connectivity index (χ2n) is 14.4. The fraction of sp³-hybridized carbons (Fsp3) is 0.800. The van der Waals surface area contributed by atoms with E-state index in [0.717, 1.165) is 51.4 Å². The van der Waals surface area contributed by atoms with Gasteiger partial charge >= 0.3 is 0 Å². The van der Waals surface area contributed by atoms with Gasteiger partial charge in [-0.1, -0.05) is 204 Å². The molecule has 2 atom stereocenters. The van der Waals surface area contributed by atoms with Gasteiger partial charge in [-0.25, -0.2) is 0 Å². The first-order chi connectivity index (χ1) is 24.2. The van der Waals surface area contributed by atoms with Crippen LogP contribution in [0, 0.1) is 0 Å². The van der Waals surface area contributed by atoms with Crippen molar-refractivity contribution in [3.63, 3.8) is 0 Å². The topological polar surface area (TPSA) is 69.6 Å². The van der Waals surface area contributed by atoms with Crippen LogP contribution in [0.1, 0.15) is 213 Å². The van der Waals surface area contributed by atoms with Crippen molar-refractivity contribution in [3.8, 4) is 0 Å². The van der Waals surface area contributed by atoms with Crippen LogP contribution in [0.25, 0.3) is 0 Å². The normalized spacial score (nSPS) is 13.5. The fourth-order valence-corrected chi connectivity index (χ4v) is 6.35. The van der Waals surface area contributed by atoms with E-state index in [4.69, 9.17) is 0 Å². The summed E-state index contributed by atoms with van der Waals surface area (Å²) in [5.74, 6) is -0.0354. The van der Waals surface area contributed by atoms with E-state index >= 15 is 0 Å². The number of nitrogens with one attached hydrogen (secondary N) is 1. The molecule has 2 unspecified atom stereocenters. The molecule has 0 aromatic rings. The zero-order valence-corrected chi connectivity index (χ0v) is 32.7. The number of hydrogen-bond acceptors (Lipinski definition) is 3. The lowest BCUT2D eigenvalue weighted by Gasteiger charge is -2.22. The van der Waals surface area contributed by atoms with Gasteiger partial charge in [-0.05, 0) is 51.4 Å². The van der Waals surface area contributed by atoms with Gasteiger partial charge < -0.3 is 15.5 Å². The summed E-state index contributed by atoms with van der Waals surface area (Å²) in [6.45, 7) is 4.21. The van der Waals surface area contributed by atoms with E-state index < -0.39 is 12.1 Å². The molecule has 0 aliphatic carbocycles. The molecule has 0 fully saturated rings. The van der Waals surface area contributed by atoms with E-state index in [2.05, 4.69) is 67.8 Å². The Bertz CT molecular complexity index is 786. The van der Waals surface area contributed by atoms with Crippen LogP contribution < -0.4 is 5.32 Å². The first-order valence-corrected chi connectivity index (χ1v) is 21.3. The van der Waals surface area contributed by atoms with Gasteiger partial charge in [0.05, 0.1) is 18.8 Å². The van der Waals surface area contributed by atoms with Gasteiger partial charge in [-0.15, -0.1) is 0 Å². The lowest BCUT2D eigenvalue weighted by atomic mass is 10.0. The third kappa shape index (κ3) is 37.4. The summed E-state index contributed by atoms with van der Waals surface area (Å²) in [6.07, 6.45) is 54.9. The second kappa shape index (κ2) is 40.8. The van der Waals surface area contributed by atoms with Gasteiger partial charge in [0.15, 0.2) is 0 Å². The van der Waals surface area contributed by atoms with Crippen molar-refractivity contribution in [2.24, 2.45) is 0 Å². The number of hydrogen-bond donors (Lipinski definition) is 3. The number of amides is 1. The second-order valence-corrected chi connectivity index (χ2v) is 14.4. The molecule has 0 spiro atoms. The van der Waals surface area contributed by atoms with Crippen molar-refractivity contribution in [2.75, 3.05) is 6.61 Å². The first-order valence-electron chi connectivity index (χ1n) is 21.3. The molecule has 0 aliphatic heterocycles. The molecular formula is C45H83NO3. The summed E-state index contributed by atoms with van der Waals surface area (Å²) >= 11 is 0. The molecule has 0 aromatic carbocycles. The summed E-state index contributed by atoms with van der Waals surface area (Å²) in [5, 5.41) is 23.0. The highest BCUT2D eigenvalue weighted by molar-refractivity contribution is 5.76.